The number of aliphatic carboxylic acids is 1. The second-order valence-corrected chi connectivity index (χ2v) is 10.4. The molecule has 1 aliphatic carbocycles. The van der Waals surface area contributed by atoms with Crippen LogP contribution in [0.5, 0.6) is 5.75 Å². The molecule has 2 aromatic carbocycles. The number of carbonyl (C=O) groups is 2. The molecule has 0 radical (unpaired) electrons. The number of fused-ring (bicyclic) bond motifs is 1. The lowest BCUT2D eigenvalue weighted by molar-refractivity contribution is -0.138. The van der Waals surface area contributed by atoms with E-state index in [4.69, 9.17) is 21.4 Å². The number of amides is 1. The number of nitrogens with zero attached hydrogens (tertiary/aromatic N) is 3. The molecular weight excluding hydrogens is 523 g/mol. The molecule has 8 nitrogen and oxygen atoms in total. The number of halogens is 2. The van der Waals surface area contributed by atoms with E-state index in [1.807, 2.05) is 6.07 Å². The van der Waals surface area contributed by atoms with Gasteiger partial charge in [-0.1, -0.05) is 17.7 Å². The van der Waals surface area contributed by atoms with Crippen LogP contribution in [-0.2, 0) is 11.3 Å². The lowest BCUT2D eigenvalue weighted by atomic mass is 9.84. The predicted molar refractivity (Wildman–Crippen MR) is 145 cm³/mol. The Labute approximate surface area is 229 Å². The summed E-state index contributed by atoms with van der Waals surface area (Å²) in [6.07, 6.45) is 6.56. The average Bonchev–Trinajstić information content (AvgIpc) is 3.31. The van der Waals surface area contributed by atoms with E-state index >= 15 is 0 Å². The first-order valence-electron chi connectivity index (χ1n) is 12.8. The maximum atomic E-state index is 13.9. The molecule has 2 heterocycles. The van der Waals surface area contributed by atoms with Gasteiger partial charge in [-0.15, -0.1) is 0 Å². The average molecular weight is 551 g/mol. The topological polar surface area (TPSA) is 106 Å². The van der Waals surface area contributed by atoms with Crippen LogP contribution in [0.2, 0.25) is 5.02 Å². The Hall–Kier alpha value is -3.98. The number of nitrogens with one attached hydrogen (secondary N) is 1. The Bertz CT molecular complexity index is 1510. The van der Waals surface area contributed by atoms with Crippen molar-refractivity contribution in [1.82, 2.24) is 20.1 Å². The number of benzene rings is 2. The Morgan fingerprint density at radius 3 is 2.62 bits per heavy atom. The summed E-state index contributed by atoms with van der Waals surface area (Å²) in [6.45, 7) is 0.367. The number of aromatic nitrogens is 3. The molecule has 0 bridgehead atoms. The van der Waals surface area contributed by atoms with E-state index < -0.39 is 11.8 Å². The second-order valence-electron chi connectivity index (χ2n) is 9.91. The van der Waals surface area contributed by atoms with Gasteiger partial charge in [0, 0.05) is 40.7 Å². The van der Waals surface area contributed by atoms with E-state index in [-0.39, 0.29) is 24.3 Å². The van der Waals surface area contributed by atoms with Gasteiger partial charge in [-0.05, 0) is 67.5 Å². The molecule has 0 aliphatic heterocycles. The van der Waals surface area contributed by atoms with Crippen LogP contribution < -0.4 is 10.1 Å². The largest absolute Gasteiger partial charge is 0.497 e. The van der Waals surface area contributed by atoms with Crippen molar-refractivity contribution in [3.8, 4) is 17.0 Å². The fraction of sp³-hybridized carbons (Fsp3) is 0.310. The molecule has 1 aliphatic rings. The molecule has 2 N–H and O–H groups in total. The lowest BCUT2D eigenvalue weighted by Gasteiger charge is -2.28. The highest BCUT2D eigenvalue weighted by Crippen LogP contribution is 2.29. The van der Waals surface area contributed by atoms with Gasteiger partial charge in [0.15, 0.2) is 0 Å². The third kappa shape index (κ3) is 6.20. The van der Waals surface area contributed by atoms with Crippen molar-refractivity contribution >= 4 is 34.4 Å². The van der Waals surface area contributed by atoms with Gasteiger partial charge in [0.05, 0.1) is 36.6 Å². The first-order valence-corrected chi connectivity index (χ1v) is 13.1. The van der Waals surface area contributed by atoms with Crippen molar-refractivity contribution in [3.05, 3.63) is 76.8 Å². The van der Waals surface area contributed by atoms with E-state index in [0.717, 1.165) is 36.6 Å². The Morgan fingerprint density at radius 1 is 1.13 bits per heavy atom. The SMILES string of the molecule is COc1cc(F)cc(-c2ccc(Cn3ncc4cc(Cl)cc(C(=O)NC5CCC(CC(=O)O)CC5)c43)cn2)c1. The Balaban J connectivity index is 1.34. The van der Waals surface area contributed by atoms with Crippen LogP contribution in [0.15, 0.2) is 54.9 Å². The van der Waals surface area contributed by atoms with Crippen LogP contribution in [0.1, 0.15) is 48.0 Å². The van der Waals surface area contributed by atoms with Gasteiger partial charge in [0.1, 0.15) is 11.6 Å². The van der Waals surface area contributed by atoms with Crippen LogP contribution in [0.3, 0.4) is 0 Å². The molecule has 1 saturated carbocycles. The van der Waals surface area contributed by atoms with E-state index in [2.05, 4.69) is 15.4 Å². The van der Waals surface area contributed by atoms with Crippen molar-refractivity contribution in [2.45, 2.75) is 44.7 Å². The molecule has 5 rings (SSSR count). The number of ether oxygens (including phenoxy) is 1. The second kappa shape index (κ2) is 11.4. The van der Waals surface area contributed by atoms with Gasteiger partial charge in [0.2, 0.25) is 0 Å². The molecule has 4 aromatic rings. The summed E-state index contributed by atoms with van der Waals surface area (Å²) in [5.74, 6) is -0.860. The fourth-order valence-corrected chi connectivity index (χ4v) is 5.43. The molecule has 2 aromatic heterocycles. The number of methoxy groups -OCH3 is 1. The molecule has 10 heteroatoms. The zero-order chi connectivity index (χ0) is 27.5. The standard InChI is InChI=1S/C29H28ClFN4O4/c1-39-24-11-19(10-22(31)13-24)26-7-4-18(14-32-26)16-35-28-20(15-33-35)9-21(30)12-25(28)29(38)34-23-5-2-17(3-6-23)8-27(36)37/h4,7,9-15,17,23H,2-3,5-6,8,16H2,1H3,(H,34,38)(H,36,37). The molecule has 202 valence electrons. The van der Waals surface area contributed by atoms with Crippen molar-refractivity contribution in [3.63, 3.8) is 0 Å². The fourth-order valence-electron chi connectivity index (χ4n) is 5.20. The first-order chi connectivity index (χ1) is 18.8. The third-order valence-electron chi connectivity index (χ3n) is 7.15. The zero-order valence-corrected chi connectivity index (χ0v) is 22.1. The molecule has 0 unspecified atom stereocenters. The summed E-state index contributed by atoms with van der Waals surface area (Å²) < 4.78 is 20.8. The van der Waals surface area contributed by atoms with Crippen molar-refractivity contribution in [2.75, 3.05) is 7.11 Å². The van der Waals surface area contributed by atoms with E-state index in [1.165, 1.54) is 19.2 Å². The van der Waals surface area contributed by atoms with Crippen molar-refractivity contribution in [1.29, 1.82) is 0 Å². The minimum absolute atomic E-state index is 0.0221. The quantitative estimate of drug-likeness (QED) is 0.291. The molecule has 0 spiro atoms. The van der Waals surface area contributed by atoms with Crippen LogP contribution in [0.25, 0.3) is 22.2 Å². The summed E-state index contributed by atoms with van der Waals surface area (Å²) in [5, 5.41) is 17.8. The van der Waals surface area contributed by atoms with Gasteiger partial charge in [-0.25, -0.2) is 4.39 Å². The minimum Gasteiger partial charge on any atom is -0.497 e. The number of hydrogen-bond acceptors (Lipinski definition) is 5. The molecule has 0 atom stereocenters. The zero-order valence-electron chi connectivity index (χ0n) is 21.4. The Kier molecular flexibility index (Phi) is 7.79. The number of pyridine rings is 1. The summed E-state index contributed by atoms with van der Waals surface area (Å²) in [6, 6.07) is 11.5. The molecule has 1 fully saturated rings. The lowest BCUT2D eigenvalue weighted by Crippen LogP contribution is -2.38. The highest BCUT2D eigenvalue weighted by molar-refractivity contribution is 6.32. The number of carboxylic acid groups (broad SMARTS) is 1. The molecule has 39 heavy (non-hydrogen) atoms. The van der Waals surface area contributed by atoms with Gasteiger partial charge >= 0.3 is 5.97 Å². The third-order valence-corrected chi connectivity index (χ3v) is 7.37. The minimum atomic E-state index is -0.781. The summed E-state index contributed by atoms with van der Waals surface area (Å²) >= 11 is 6.34. The summed E-state index contributed by atoms with van der Waals surface area (Å²) in [7, 11) is 1.48. The molecular formula is C29H28ClFN4O4. The van der Waals surface area contributed by atoms with E-state index in [0.29, 0.717) is 39.7 Å². The smallest absolute Gasteiger partial charge is 0.303 e. The van der Waals surface area contributed by atoms with Crippen LogP contribution >= 0.6 is 11.6 Å². The summed E-state index contributed by atoms with van der Waals surface area (Å²) in [4.78, 5) is 28.9. The van der Waals surface area contributed by atoms with Crippen LogP contribution in [0.4, 0.5) is 4.39 Å². The van der Waals surface area contributed by atoms with E-state index in [1.54, 1.807) is 41.3 Å². The number of carbonyl (C=O) groups excluding carboxylic acids is 1. The molecule has 1 amide bonds. The van der Waals surface area contributed by atoms with Crippen molar-refractivity contribution in [2.24, 2.45) is 5.92 Å². The Morgan fingerprint density at radius 2 is 1.92 bits per heavy atom. The number of hydrogen-bond donors (Lipinski definition) is 2. The first kappa shape index (κ1) is 26.6. The predicted octanol–water partition coefficient (Wildman–Crippen LogP) is 5.71. The normalized spacial score (nSPS) is 17.2. The van der Waals surface area contributed by atoms with Crippen LogP contribution in [0, 0.1) is 11.7 Å². The van der Waals surface area contributed by atoms with Gasteiger partial charge < -0.3 is 15.2 Å². The maximum Gasteiger partial charge on any atom is 0.303 e. The molecule has 0 saturated heterocycles. The highest BCUT2D eigenvalue weighted by Gasteiger charge is 2.25. The monoisotopic (exact) mass is 550 g/mol. The van der Waals surface area contributed by atoms with Crippen molar-refractivity contribution < 1.29 is 23.8 Å². The number of rotatable bonds is 8. The van der Waals surface area contributed by atoms with E-state index in [9.17, 15) is 14.0 Å². The van der Waals surface area contributed by atoms with Gasteiger partial charge in [-0.3, -0.25) is 19.3 Å². The van der Waals surface area contributed by atoms with Gasteiger partial charge in [-0.2, -0.15) is 5.10 Å². The number of carboxylic acids is 1. The maximum absolute atomic E-state index is 13.9. The highest BCUT2D eigenvalue weighted by atomic mass is 35.5. The van der Waals surface area contributed by atoms with Crippen LogP contribution in [-0.4, -0.2) is 44.9 Å². The van der Waals surface area contributed by atoms with Gasteiger partial charge in [0.25, 0.3) is 5.91 Å². The summed E-state index contributed by atoms with van der Waals surface area (Å²) in [5.41, 5.74) is 3.15.